The van der Waals surface area contributed by atoms with Crippen molar-refractivity contribution in [1.82, 2.24) is 0 Å². The van der Waals surface area contributed by atoms with E-state index in [0.717, 1.165) is 5.56 Å². The van der Waals surface area contributed by atoms with Gasteiger partial charge in [-0.3, -0.25) is 9.59 Å². The third-order valence-corrected chi connectivity index (χ3v) is 5.21. The second-order valence-electron chi connectivity index (χ2n) is 6.82. The van der Waals surface area contributed by atoms with Crippen LogP contribution in [-0.2, 0) is 4.79 Å². The molecule has 1 aliphatic carbocycles. The minimum absolute atomic E-state index is 0.113. The zero-order valence-electron chi connectivity index (χ0n) is 14.6. The number of benzene rings is 2. The smallest absolute Gasteiger partial charge is 0.306 e. The molecular weight excluding hydrogens is 368 g/mol. The minimum atomic E-state index is -0.782. The predicted molar refractivity (Wildman–Crippen MR) is 102 cm³/mol. The summed E-state index contributed by atoms with van der Waals surface area (Å²) in [6.07, 6.45) is 0.886. The fourth-order valence-corrected chi connectivity index (χ4v) is 3.42. The number of hydrogen-bond acceptors (Lipinski definition) is 4. The first-order chi connectivity index (χ1) is 12.9. The SMILES string of the molecule is Cc1ccc(-c2cc(=O)c3cccc(Cl)c3o2)cc1O[C@H]1C[C@@H](C(=O)O)C1. The normalized spacial score (nSPS) is 18.9. The van der Waals surface area contributed by atoms with E-state index in [1.165, 1.54) is 6.07 Å². The van der Waals surface area contributed by atoms with E-state index >= 15 is 0 Å². The summed E-state index contributed by atoms with van der Waals surface area (Å²) in [4.78, 5) is 23.3. The summed E-state index contributed by atoms with van der Waals surface area (Å²) in [5.41, 5.74) is 1.82. The molecule has 3 aromatic rings. The van der Waals surface area contributed by atoms with Crippen LogP contribution in [0.15, 0.2) is 51.7 Å². The highest BCUT2D eigenvalue weighted by Gasteiger charge is 2.36. The van der Waals surface area contributed by atoms with Gasteiger partial charge in [0, 0.05) is 11.6 Å². The van der Waals surface area contributed by atoms with Crippen LogP contribution >= 0.6 is 11.6 Å². The maximum Gasteiger partial charge on any atom is 0.306 e. The molecule has 0 aliphatic heterocycles. The topological polar surface area (TPSA) is 76.7 Å². The zero-order valence-corrected chi connectivity index (χ0v) is 15.3. The first kappa shape index (κ1) is 17.6. The molecule has 0 atom stereocenters. The highest BCUT2D eigenvalue weighted by Crippen LogP contribution is 2.35. The van der Waals surface area contributed by atoms with Gasteiger partial charge in [-0.2, -0.15) is 0 Å². The van der Waals surface area contributed by atoms with E-state index in [-0.39, 0.29) is 17.5 Å². The lowest BCUT2D eigenvalue weighted by Crippen LogP contribution is -2.38. The molecule has 27 heavy (non-hydrogen) atoms. The quantitative estimate of drug-likeness (QED) is 0.707. The van der Waals surface area contributed by atoms with Crippen LogP contribution in [0.3, 0.4) is 0 Å². The van der Waals surface area contributed by atoms with Crippen molar-refractivity contribution in [1.29, 1.82) is 0 Å². The number of aliphatic carboxylic acids is 1. The summed E-state index contributed by atoms with van der Waals surface area (Å²) in [5.74, 6) is -0.0556. The number of halogens is 1. The van der Waals surface area contributed by atoms with Gasteiger partial charge in [0.1, 0.15) is 17.6 Å². The zero-order chi connectivity index (χ0) is 19.1. The molecule has 138 valence electrons. The lowest BCUT2D eigenvalue weighted by atomic mass is 9.82. The third kappa shape index (κ3) is 3.30. The molecule has 4 rings (SSSR count). The van der Waals surface area contributed by atoms with Crippen LogP contribution in [0.1, 0.15) is 18.4 Å². The Morgan fingerprint density at radius 2 is 2.00 bits per heavy atom. The predicted octanol–water partition coefficient (Wildman–Crippen LogP) is 4.66. The van der Waals surface area contributed by atoms with Gasteiger partial charge in [-0.1, -0.05) is 29.8 Å². The van der Waals surface area contributed by atoms with Crippen LogP contribution < -0.4 is 10.2 Å². The molecule has 1 heterocycles. The molecule has 0 radical (unpaired) electrons. The standard InChI is InChI=1S/C21H17ClO5/c1-11-5-6-12(9-18(11)26-14-7-13(8-14)21(24)25)19-10-17(23)15-3-2-4-16(22)20(15)27-19/h2-6,9-10,13-14H,7-8H2,1H3,(H,24,25)/t13-,14+. The van der Waals surface area contributed by atoms with Crippen LogP contribution in [0.2, 0.25) is 5.02 Å². The fourth-order valence-electron chi connectivity index (χ4n) is 3.21. The lowest BCUT2D eigenvalue weighted by Gasteiger charge is -2.33. The van der Waals surface area contributed by atoms with Crippen LogP contribution in [-0.4, -0.2) is 17.2 Å². The van der Waals surface area contributed by atoms with E-state index in [1.807, 2.05) is 25.1 Å². The number of fused-ring (bicyclic) bond motifs is 1. The largest absolute Gasteiger partial charge is 0.490 e. The van der Waals surface area contributed by atoms with Crippen molar-refractivity contribution in [2.24, 2.45) is 5.92 Å². The average molecular weight is 385 g/mol. The van der Waals surface area contributed by atoms with E-state index in [2.05, 4.69) is 0 Å². The Morgan fingerprint density at radius 1 is 1.22 bits per heavy atom. The molecule has 5 nitrogen and oxygen atoms in total. The third-order valence-electron chi connectivity index (χ3n) is 4.92. The average Bonchev–Trinajstić information content (AvgIpc) is 2.59. The molecule has 1 aliphatic rings. The summed E-state index contributed by atoms with van der Waals surface area (Å²) in [7, 11) is 0. The van der Waals surface area contributed by atoms with E-state index in [4.69, 9.17) is 25.9 Å². The van der Waals surface area contributed by atoms with Crippen molar-refractivity contribution in [3.63, 3.8) is 0 Å². The van der Waals surface area contributed by atoms with Gasteiger partial charge in [-0.25, -0.2) is 0 Å². The van der Waals surface area contributed by atoms with E-state index < -0.39 is 5.97 Å². The van der Waals surface area contributed by atoms with Gasteiger partial charge >= 0.3 is 5.97 Å². The molecule has 0 unspecified atom stereocenters. The maximum absolute atomic E-state index is 12.4. The molecule has 1 saturated carbocycles. The molecular formula is C21H17ClO5. The molecule has 0 saturated heterocycles. The van der Waals surface area contributed by atoms with Gasteiger partial charge in [-0.15, -0.1) is 0 Å². The second-order valence-corrected chi connectivity index (χ2v) is 7.23. The van der Waals surface area contributed by atoms with E-state index in [1.54, 1.807) is 18.2 Å². The molecule has 0 spiro atoms. The van der Waals surface area contributed by atoms with Gasteiger partial charge in [-0.05, 0) is 43.5 Å². The Kier molecular flexibility index (Phi) is 4.40. The minimum Gasteiger partial charge on any atom is -0.490 e. The number of hydrogen-bond donors (Lipinski definition) is 1. The molecule has 1 fully saturated rings. The van der Waals surface area contributed by atoms with Gasteiger partial charge in [0.25, 0.3) is 0 Å². The van der Waals surface area contributed by atoms with Crippen molar-refractivity contribution in [2.45, 2.75) is 25.9 Å². The monoisotopic (exact) mass is 384 g/mol. The van der Waals surface area contributed by atoms with Crippen LogP contribution in [0.4, 0.5) is 0 Å². The van der Waals surface area contributed by atoms with Crippen LogP contribution in [0.25, 0.3) is 22.3 Å². The summed E-state index contributed by atoms with van der Waals surface area (Å²) in [6, 6.07) is 12.0. The number of carbonyl (C=O) groups is 1. The Bertz CT molecular complexity index is 1100. The number of aryl methyl sites for hydroxylation is 1. The molecule has 6 heteroatoms. The molecule has 1 aromatic heterocycles. The number of carboxylic acid groups (broad SMARTS) is 1. The van der Waals surface area contributed by atoms with Gasteiger partial charge in [0.2, 0.25) is 0 Å². The molecule has 0 amide bonds. The maximum atomic E-state index is 12.4. The van der Waals surface area contributed by atoms with Gasteiger partial charge in [0.15, 0.2) is 11.0 Å². The number of para-hydroxylation sites is 1. The summed E-state index contributed by atoms with van der Waals surface area (Å²) in [6.45, 7) is 1.92. The van der Waals surface area contributed by atoms with Crippen molar-refractivity contribution >= 4 is 28.5 Å². The molecule has 0 bridgehead atoms. The highest BCUT2D eigenvalue weighted by molar-refractivity contribution is 6.34. The Morgan fingerprint density at radius 3 is 2.74 bits per heavy atom. The first-order valence-electron chi connectivity index (χ1n) is 8.65. The van der Waals surface area contributed by atoms with Gasteiger partial charge in [0.05, 0.1) is 16.3 Å². The van der Waals surface area contributed by atoms with E-state index in [9.17, 15) is 9.59 Å². The van der Waals surface area contributed by atoms with Gasteiger partial charge < -0.3 is 14.3 Å². The lowest BCUT2D eigenvalue weighted by molar-refractivity contribution is -0.147. The second kappa shape index (κ2) is 6.74. The summed E-state index contributed by atoms with van der Waals surface area (Å²) < 4.78 is 11.8. The number of rotatable bonds is 4. The van der Waals surface area contributed by atoms with Crippen molar-refractivity contribution in [3.05, 3.63) is 63.3 Å². The molecule has 1 N–H and O–H groups in total. The first-order valence-corrected chi connectivity index (χ1v) is 9.03. The number of carboxylic acids is 1. The fraction of sp³-hybridized carbons (Fsp3) is 0.238. The van der Waals surface area contributed by atoms with Crippen molar-refractivity contribution < 1.29 is 19.1 Å². The summed E-state index contributed by atoms with van der Waals surface area (Å²) in [5, 5.41) is 9.80. The van der Waals surface area contributed by atoms with Crippen LogP contribution in [0.5, 0.6) is 5.75 Å². The van der Waals surface area contributed by atoms with Crippen molar-refractivity contribution in [3.8, 4) is 17.1 Å². The van der Waals surface area contributed by atoms with Crippen molar-refractivity contribution in [2.75, 3.05) is 0 Å². The Balaban J connectivity index is 1.67. The Labute approximate surface area is 160 Å². The number of ether oxygens (including phenoxy) is 1. The molecule has 2 aromatic carbocycles. The summed E-state index contributed by atoms with van der Waals surface area (Å²) >= 11 is 6.17. The highest BCUT2D eigenvalue weighted by atomic mass is 35.5. The Hall–Kier alpha value is -2.79. The van der Waals surface area contributed by atoms with Crippen LogP contribution in [0, 0.1) is 12.8 Å². The van der Waals surface area contributed by atoms with E-state index in [0.29, 0.717) is 45.9 Å².